The lowest BCUT2D eigenvalue weighted by atomic mass is 10.1. The van der Waals surface area contributed by atoms with Crippen molar-refractivity contribution in [3.63, 3.8) is 0 Å². The van der Waals surface area contributed by atoms with Gasteiger partial charge in [0.05, 0.1) is 12.8 Å². The Labute approximate surface area is 163 Å². The van der Waals surface area contributed by atoms with Gasteiger partial charge in [-0.2, -0.15) is 13.9 Å². The van der Waals surface area contributed by atoms with Gasteiger partial charge >= 0.3 is 6.61 Å². The number of ether oxygens (including phenoxy) is 2. The smallest absolute Gasteiger partial charge is 0.387 e. The zero-order valence-electron chi connectivity index (χ0n) is 16.4. The highest BCUT2D eigenvalue weighted by molar-refractivity contribution is 5.91. The third kappa shape index (κ3) is 6.37. The molecule has 2 rings (SSSR count). The molecule has 0 saturated heterocycles. The Hall–Kier alpha value is -2.90. The Bertz CT molecular complexity index is 834. The molecule has 1 amide bonds. The molecule has 0 spiro atoms. The average Bonchev–Trinajstić information content (AvgIpc) is 2.95. The molecule has 8 heteroatoms. The van der Waals surface area contributed by atoms with Crippen LogP contribution < -0.4 is 14.8 Å². The molecule has 0 bridgehead atoms. The predicted molar refractivity (Wildman–Crippen MR) is 103 cm³/mol. The first-order valence-electron chi connectivity index (χ1n) is 8.88. The second-order valence-electron chi connectivity index (χ2n) is 6.58. The monoisotopic (exact) mass is 393 g/mol. The summed E-state index contributed by atoms with van der Waals surface area (Å²) >= 11 is 0. The molecule has 1 atom stereocenters. The molecule has 0 fully saturated rings. The van der Waals surface area contributed by atoms with Crippen molar-refractivity contribution in [3.8, 4) is 11.5 Å². The fourth-order valence-corrected chi connectivity index (χ4v) is 2.71. The van der Waals surface area contributed by atoms with E-state index in [1.165, 1.54) is 25.3 Å². The predicted octanol–water partition coefficient (Wildman–Crippen LogP) is 3.58. The quantitative estimate of drug-likeness (QED) is 0.662. The summed E-state index contributed by atoms with van der Waals surface area (Å²) in [7, 11) is 1.36. The van der Waals surface area contributed by atoms with Crippen molar-refractivity contribution < 1.29 is 23.0 Å². The van der Waals surface area contributed by atoms with E-state index in [0.29, 0.717) is 18.7 Å². The summed E-state index contributed by atoms with van der Waals surface area (Å²) in [6.45, 7) is 4.27. The molecule has 28 heavy (non-hydrogen) atoms. The van der Waals surface area contributed by atoms with E-state index in [-0.39, 0.29) is 23.3 Å². The van der Waals surface area contributed by atoms with Crippen LogP contribution in [0.3, 0.4) is 0 Å². The van der Waals surface area contributed by atoms with Gasteiger partial charge in [-0.3, -0.25) is 9.48 Å². The fourth-order valence-electron chi connectivity index (χ4n) is 2.71. The third-order valence-electron chi connectivity index (χ3n) is 4.04. The van der Waals surface area contributed by atoms with Crippen LogP contribution in [0.25, 0.3) is 6.08 Å². The van der Waals surface area contributed by atoms with Gasteiger partial charge in [0.25, 0.3) is 0 Å². The molecule has 1 unspecified atom stereocenters. The highest BCUT2D eigenvalue weighted by Gasteiger charge is 2.11. The molecule has 0 saturated carbocycles. The number of amides is 1. The third-order valence-corrected chi connectivity index (χ3v) is 4.04. The topological polar surface area (TPSA) is 65.4 Å². The minimum absolute atomic E-state index is 0.0583. The van der Waals surface area contributed by atoms with Gasteiger partial charge in [0, 0.05) is 24.9 Å². The number of nitrogens with zero attached hydrogens (tertiary/aromatic N) is 2. The maximum absolute atomic E-state index is 12.4. The molecule has 152 valence electrons. The van der Waals surface area contributed by atoms with Gasteiger partial charge in [-0.05, 0) is 49.6 Å². The highest BCUT2D eigenvalue weighted by Crippen LogP contribution is 2.29. The summed E-state index contributed by atoms with van der Waals surface area (Å²) in [5, 5.41) is 7.26. The fraction of sp³-hybridized carbons (Fsp3) is 0.400. The van der Waals surface area contributed by atoms with E-state index in [0.717, 1.165) is 11.4 Å². The lowest BCUT2D eigenvalue weighted by Crippen LogP contribution is -2.29. The maximum Gasteiger partial charge on any atom is 0.387 e. The van der Waals surface area contributed by atoms with Gasteiger partial charge in [-0.1, -0.05) is 13.0 Å². The molecule has 0 aliphatic heterocycles. The molecular formula is C20H25F2N3O3. The van der Waals surface area contributed by atoms with Crippen LogP contribution in [0.15, 0.2) is 30.3 Å². The van der Waals surface area contributed by atoms with Crippen LogP contribution in [0.4, 0.5) is 8.78 Å². The number of carbonyl (C=O) groups excluding carboxylic acids is 1. The summed E-state index contributed by atoms with van der Waals surface area (Å²) in [5.41, 5.74) is 2.69. The van der Waals surface area contributed by atoms with Crippen molar-refractivity contribution >= 4 is 12.0 Å². The minimum Gasteiger partial charge on any atom is -0.493 e. The minimum atomic E-state index is -2.93. The number of aryl methyl sites for hydroxylation is 2. The molecular weight excluding hydrogens is 368 g/mol. The first-order valence-corrected chi connectivity index (χ1v) is 8.88. The van der Waals surface area contributed by atoms with Crippen LogP contribution in [0.5, 0.6) is 11.5 Å². The van der Waals surface area contributed by atoms with Crippen molar-refractivity contribution in [1.29, 1.82) is 0 Å². The van der Waals surface area contributed by atoms with Crippen LogP contribution in [-0.2, 0) is 11.3 Å². The molecule has 1 heterocycles. The lowest BCUT2D eigenvalue weighted by Gasteiger charge is -2.13. The summed E-state index contributed by atoms with van der Waals surface area (Å²) in [6, 6.07) is 6.47. The van der Waals surface area contributed by atoms with E-state index in [9.17, 15) is 13.6 Å². The Morgan fingerprint density at radius 1 is 1.29 bits per heavy atom. The molecule has 0 radical (unpaired) electrons. The average molecular weight is 393 g/mol. The van der Waals surface area contributed by atoms with Gasteiger partial charge in [0.15, 0.2) is 11.5 Å². The Morgan fingerprint density at radius 3 is 2.64 bits per heavy atom. The zero-order chi connectivity index (χ0) is 20.7. The number of hydrogen-bond donors (Lipinski definition) is 1. The second-order valence-corrected chi connectivity index (χ2v) is 6.58. The van der Waals surface area contributed by atoms with E-state index >= 15 is 0 Å². The van der Waals surface area contributed by atoms with E-state index in [4.69, 9.17) is 4.74 Å². The number of hydrogen-bond acceptors (Lipinski definition) is 4. The molecule has 1 N–H and O–H groups in total. The van der Waals surface area contributed by atoms with Crippen LogP contribution in [-0.4, -0.2) is 36.0 Å². The van der Waals surface area contributed by atoms with Gasteiger partial charge in [0.1, 0.15) is 0 Å². The van der Waals surface area contributed by atoms with Crippen LogP contribution in [0, 0.1) is 19.8 Å². The number of rotatable bonds is 9. The summed E-state index contributed by atoms with van der Waals surface area (Å²) in [4.78, 5) is 12.0. The first kappa shape index (κ1) is 21.4. The van der Waals surface area contributed by atoms with Gasteiger partial charge < -0.3 is 14.8 Å². The molecule has 1 aromatic carbocycles. The van der Waals surface area contributed by atoms with E-state index in [1.54, 1.807) is 12.1 Å². The number of nitrogens with one attached hydrogen (secondary N) is 1. The number of benzene rings is 1. The second kappa shape index (κ2) is 9.87. The summed E-state index contributed by atoms with van der Waals surface area (Å²) in [5.74, 6) is 0.0757. The normalized spacial score (nSPS) is 12.4. The molecule has 1 aromatic heterocycles. The van der Waals surface area contributed by atoms with Crippen LogP contribution in [0.1, 0.15) is 23.9 Å². The van der Waals surface area contributed by atoms with Gasteiger partial charge in [0.2, 0.25) is 5.91 Å². The van der Waals surface area contributed by atoms with Crippen molar-refractivity contribution in [2.24, 2.45) is 5.92 Å². The summed E-state index contributed by atoms with van der Waals surface area (Å²) in [6.07, 6.45) is 2.97. The highest BCUT2D eigenvalue weighted by atomic mass is 19.3. The van der Waals surface area contributed by atoms with Crippen LogP contribution in [0.2, 0.25) is 0 Å². The maximum atomic E-state index is 12.4. The molecule has 2 aromatic rings. The van der Waals surface area contributed by atoms with Crippen LogP contribution >= 0.6 is 0 Å². The standard InChI is InChI=1S/C20H25F2N3O3/c1-13(12-25-15(3)9-14(2)24-25)11-23-19(26)8-6-16-5-7-17(28-20(21)22)18(10-16)27-4/h5-10,13,20H,11-12H2,1-4H3,(H,23,26)/b8-6+. The van der Waals surface area contributed by atoms with Crippen molar-refractivity contribution in [3.05, 3.63) is 47.3 Å². The van der Waals surface area contributed by atoms with Gasteiger partial charge in [-0.25, -0.2) is 0 Å². The number of alkyl halides is 2. The van der Waals surface area contributed by atoms with Crippen molar-refractivity contribution in [2.45, 2.75) is 33.9 Å². The number of aromatic nitrogens is 2. The van der Waals surface area contributed by atoms with E-state index < -0.39 is 6.61 Å². The van der Waals surface area contributed by atoms with Crippen molar-refractivity contribution in [2.75, 3.05) is 13.7 Å². The Morgan fingerprint density at radius 2 is 2.04 bits per heavy atom. The summed E-state index contributed by atoms with van der Waals surface area (Å²) < 4.78 is 36.0. The molecule has 6 nitrogen and oxygen atoms in total. The van der Waals surface area contributed by atoms with Crippen molar-refractivity contribution in [1.82, 2.24) is 15.1 Å². The molecule has 0 aliphatic rings. The Balaban J connectivity index is 1.88. The SMILES string of the molecule is COc1cc(/C=C/C(=O)NCC(C)Cn2nc(C)cc2C)ccc1OC(F)F. The zero-order valence-corrected chi connectivity index (χ0v) is 16.4. The van der Waals surface area contributed by atoms with Gasteiger partial charge in [-0.15, -0.1) is 0 Å². The first-order chi connectivity index (χ1) is 13.3. The largest absolute Gasteiger partial charge is 0.493 e. The Kier molecular flexibility index (Phi) is 7.54. The lowest BCUT2D eigenvalue weighted by molar-refractivity contribution is -0.116. The number of carbonyl (C=O) groups is 1. The van der Waals surface area contributed by atoms with E-state index in [1.807, 2.05) is 31.5 Å². The number of methoxy groups -OCH3 is 1. The number of halogens is 2. The molecule has 0 aliphatic carbocycles. The van der Waals surface area contributed by atoms with E-state index in [2.05, 4.69) is 15.2 Å².